The van der Waals surface area contributed by atoms with Crippen LogP contribution >= 0.6 is 0 Å². The van der Waals surface area contributed by atoms with Crippen molar-refractivity contribution in [2.75, 3.05) is 38.1 Å². The third kappa shape index (κ3) is 3.95. The van der Waals surface area contributed by atoms with Crippen LogP contribution in [0.1, 0.15) is 25.1 Å². The number of anilines is 1. The molecule has 0 radical (unpaired) electrons. The first-order chi connectivity index (χ1) is 17.1. The number of amides is 2. The Morgan fingerprint density at radius 1 is 0.800 bits per heavy atom. The normalized spacial score (nSPS) is 16.6. The number of nitrogens with zero attached hydrogens (tertiary/aromatic N) is 4. The standard InChI is InChI=1S/C25H22N6O2.C2H6/c1-30-10-12-31(13-11-30)25-27-19-9-5-3-7-16(19)22(28-25)21-20(23(32)29-24(21)33)17-14-26-18-8-4-2-6-15(17)18;1-2/h2-9,14,26H,10-13H2,1H3,(H,29,32,33);1-2H3. The molecule has 0 bridgehead atoms. The quantitative estimate of drug-likeness (QED) is 0.447. The van der Waals surface area contributed by atoms with Gasteiger partial charge in [0.15, 0.2) is 0 Å². The lowest BCUT2D eigenvalue weighted by Gasteiger charge is -2.32. The van der Waals surface area contributed by atoms with E-state index < -0.39 is 11.8 Å². The molecule has 4 heterocycles. The zero-order valence-corrected chi connectivity index (χ0v) is 20.1. The van der Waals surface area contributed by atoms with Crippen LogP contribution in [0.4, 0.5) is 5.95 Å². The van der Waals surface area contributed by atoms with Gasteiger partial charge in [0.25, 0.3) is 11.8 Å². The topological polar surface area (TPSA) is 94.2 Å². The zero-order chi connectivity index (χ0) is 24.5. The highest BCUT2D eigenvalue weighted by Gasteiger charge is 2.35. The number of piperazine rings is 1. The van der Waals surface area contributed by atoms with E-state index >= 15 is 0 Å². The number of carbonyl (C=O) groups is 2. The summed E-state index contributed by atoms with van der Waals surface area (Å²) in [5, 5.41) is 4.12. The van der Waals surface area contributed by atoms with Gasteiger partial charge >= 0.3 is 0 Å². The van der Waals surface area contributed by atoms with Crippen LogP contribution in [-0.2, 0) is 9.59 Å². The molecule has 2 N–H and O–H groups in total. The lowest BCUT2D eigenvalue weighted by Crippen LogP contribution is -2.45. The molecule has 0 atom stereocenters. The monoisotopic (exact) mass is 468 g/mol. The van der Waals surface area contributed by atoms with Crippen molar-refractivity contribution in [3.8, 4) is 0 Å². The average Bonchev–Trinajstić information content (AvgIpc) is 3.44. The molecule has 2 aliphatic rings. The molecule has 8 heteroatoms. The zero-order valence-electron chi connectivity index (χ0n) is 20.1. The number of imide groups is 1. The van der Waals surface area contributed by atoms with Crippen LogP contribution in [0.3, 0.4) is 0 Å². The number of benzene rings is 2. The highest BCUT2D eigenvalue weighted by Crippen LogP contribution is 2.37. The Kier molecular flexibility index (Phi) is 6.05. The number of fused-ring (bicyclic) bond motifs is 2. The fourth-order valence-electron chi connectivity index (χ4n) is 4.62. The van der Waals surface area contributed by atoms with Crippen LogP contribution in [0.15, 0.2) is 54.7 Å². The Morgan fingerprint density at radius 2 is 1.46 bits per heavy atom. The molecule has 2 aromatic carbocycles. The number of aromatic nitrogens is 3. The van der Waals surface area contributed by atoms with E-state index in [2.05, 4.69) is 27.1 Å². The molecule has 2 aliphatic heterocycles. The van der Waals surface area contributed by atoms with Crippen molar-refractivity contribution in [2.24, 2.45) is 0 Å². The first kappa shape index (κ1) is 22.7. The molecule has 0 saturated carbocycles. The third-order valence-electron chi connectivity index (χ3n) is 6.40. The molecule has 0 unspecified atom stereocenters. The van der Waals surface area contributed by atoms with E-state index in [0.717, 1.165) is 48.0 Å². The number of rotatable bonds is 3. The molecular weight excluding hydrogens is 440 g/mol. The SMILES string of the molecule is CC.CN1CCN(c2nc(C3=C(c4c[nH]c5ccccc45)C(=O)NC3=O)c3ccccc3n2)CC1. The van der Waals surface area contributed by atoms with Gasteiger partial charge in [-0.1, -0.05) is 50.2 Å². The van der Waals surface area contributed by atoms with Crippen molar-refractivity contribution in [3.63, 3.8) is 0 Å². The van der Waals surface area contributed by atoms with Gasteiger partial charge in [-0.2, -0.15) is 0 Å². The number of aromatic amines is 1. The number of H-pyrrole nitrogens is 1. The minimum absolute atomic E-state index is 0.290. The molecule has 4 aromatic rings. The Morgan fingerprint density at radius 3 is 2.23 bits per heavy atom. The lowest BCUT2D eigenvalue weighted by atomic mass is 9.97. The van der Waals surface area contributed by atoms with Crippen LogP contribution < -0.4 is 10.2 Å². The molecule has 178 valence electrons. The number of likely N-dealkylation sites (N-methyl/N-ethyl adjacent to an activating group) is 1. The Labute approximate surface area is 203 Å². The largest absolute Gasteiger partial charge is 0.361 e. The van der Waals surface area contributed by atoms with Crippen molar-refractivity contribution in [3.05, 3.63) is 66.0 Å². The minimum atomic E-state index is -0.437. The van der Waals surface area contributed by atoms with Gasteiger partial charge in [-0.05, 0) is 19.2 Å². The molecule has 8 nitrogen and oxygen atoms in total. The van der Waals surface area contributed by atoms with E-state index in [1.54, 1.807) is 6.20 Å². The summed E-state index contributed by atoms with van der Waals surface area (Å²) in [6.45, 7) is 7.42. The molecular formula is C27H28N6O2. The van der Waals surface area contributed by atoms with Gasteiger partial charge < -0.3 is 14.8 Å². The Balaban J connectivity index is 0.00000124. The van der Waals surface area contributed by atoms with Crippen molar-refractivity contribution < 1.29 is 9.59 Å². The van der Waals surface area contributed by atoms with E-state index in [4.69, 9.17) is 9.97 Å². The first-order valence-corrected chi connectivity index (χ1v) is 12.0. The summed E-state index contributed by atoms with van der Waals surface area (Å²) >= 11 is 0. The number of para-hydroxylation sites is 2. The fraction of sp³-hybridized carbons (Fsp3) is 0.259. The Bertz CT molecular complexity index is 1460. The van der Waals surface area contributed by atoms with Crippen LogP contribution in [0.5, 0.6) is 0 Å². The molecule has 2 amide bonds. The first-order valence-electron chi connectivity index (χ1n) is 12.0. The van der Waals surface area contributed by atoms with Gasteiger partial charge in [0, 0.05) is 54.2 Å². The lowest BCUT2D eigenvalue weighted by molar-refractivity contribution is -0.122. The van der Waals surface area contributed by atoms with Crippen molar-refractivity contribution in [2.45, 2.75) is 13.8 Å². The number of carbonyl (C=O) groups excluding carboxylic acids is 2. The van der Waals surface area contributed by atoms with E-state index in [1.807, 2.05) is 62.4 Å². The summed E-state index contributed by atoms with van der Waals surface area (Å²) in [6.07, 6.45) is 1.78. The van der Waals surface area contributed by atoms with Crippen LogP contribution in [0.25, 0.3) is 33.0 Å². The second-order valence-electron chi connectivity index (χ2n) is 8.46. The predicted octanol–water partition coefficient (Wildman–Crippen LogP) is 3.46. The smallest absolute Gasteiger partial charge is 0.261 e. The number of nitrogens with one attached hydrogen (secondary N) is 2. The summed E-state index contributed by atoms with van der Waals surface area (Å²) in [5.41, 5.74) is 3.45. The summed E-state index contributed by atoms with van der Waals surface area (Å²) in [7, 11) is 2.09. The van der Waals surface area contributed by atoms with Gasteiger partial charge in [0.2, 0.25) is 5.95 Å². The van der Waals surface area contributed by atoms with Crippen LogP contribution in [0, 0.1) is 0 Å². The van der Waals surface area contributed by atoms with Crippen molar-refractivity contribution >= 4 is 50.7 Å². The van der Waals surface area contributed by atoms with E-state index in [1.165, 1.54) is 0 Å². The highest BCUT2D eigenvalue weighted by atomic mass is 16.2. The molecule has 2 aromatic heterocycles. The summed E-state index contributed by atoms with van der Waals surface area (Å²) < 4.78 is 0. The Hall–Kier alpha value is -4.04. The fourth-order valence-corrected chi connectivity index (χ4v) is 4.62. The summed E-state index contributed by atoms with van der Waals surface area (Å²) in [4.78, 5) is 43.4. The molecule has 6 rings (SSSR count). The second-order valence-corrected chi connectivity index (χ2v) is 8.46. The summed E-state index contributed by atoms with van der Waals surface area (Å²) in [6, 6.07) is 15.4. The second kappa shape index (κ2) is 9.31. The molecule has 0 spiro atoms. The van der Waals surface area contributed by atoms with Gasteiger partial charge in [0.1, 0.15) is 0 Å². The molecule has 1 saturated heterocycles. The van der Waals surface area contributed by atoms with Gasteiger partial charge in [-0.25, -0.2) is 9.97 Å². The third-order valence-corrected chi connectivity index (χ3v) is 6.40. The maximum atomic E-state index is 13.1. The number of hydrogen-bond acceptors (Lipinski definition) is 6. The van der Waals surface area contributed by atoms with E-state index in [-0.39, 0.29) is 0 Å². The maximum Gasteiger partial charge on any atom is 0.261 e. The van der Waals surface area contributed by atoms with Crippen molar-refractivity contribution in [1.29, 1.82) is 0 Å². The van der Waals surface area contributed by atoms with Crippen LogP contribution in [0.2, 0.25) is 0 Å². The molecule has 35 heavy (non-hydrogen) atoms. The molecule has 0 aliphatic carbocycles. The maximum absolute atomic E-state index is 13.1. The van der Waals surface area contributed by atoms with E-state index in [9.17, 15) is 9.59 Å². The highest BCUT2D eigenvalue weighted by molar-refractivity contribution is 6.50. The van der Waals surface area contributed by atoms with E-state index in [0.29, 0.717) is 28.4 Å². The predicted molar refractivity (Wildman–Crippen MR) is 139 cm³/mol. The van der Waals surface area contributed by atoms with Gasteiger partial charge in [0.05, 0.1) is 22.4 Å². The molecule has 1 fully saturated rings. The van der Waals surface area contributed by atoms with Gasteiger partial charge in [-0.3, -0.25) is 14.9 Å². The minimum Gasteiger partial charge on any atom is -0.361 e. The van der Waals surface area contributed by atoms with Crippen molar-refractivity contribution in [1.82, 2.24) is 25.2 Å². The average molecular weight is 469 g/mol. The number of hydrogen-bond donors (Lipinski definition) is 2. The summed E-state index contributed by atoms with van der Waals surface area (Å²) in [5.74, 6) is -0.271. The van der Waals surface area contributed by atoms with Gasteiger partial charge in [-0.15, -0.1) is 0 Å². The van der Waals surface area contributed by atoms with Crippen LogP contribution in [-0.4, -0.2) is 64.9 Å².